The Bertz CT molecular complexity index is 565. The van der Waals surface area contributed by atoms with Crippen LogP contribution in [0.1, 0.15) is 206 Å². The molecule has 0 spiro atoms. The molecular formula is C38H75NO3. The fourth-order valence-electron chi connectivity index (χ4n) is 5.82. The molecule has 3 N–H and O–H groups in total. The monoisotopic (exact) mass is 594 g/mol. The molecule has 0 aliphatic heterocycles. The van der Waals surface area contributed by atoms with Gasteiger partial charge >= 0.3 is 0 Å². The molecule has 250 valence electrons. The molecule has 2 atom stereocenters. The highest BCUT2D eigenvalue weighted by Gasteiger charge is 2.19. The lowest BCUT2D eigenvalue weighted by Gasteiger charge is -2.22. The predicted octanol–water partition coefficient (Wildman–Crippen LogP) is 11.1. The van der Waals surface area contributed by atoms with E-state index in [0.29, 0.717) is 12.8 Å². The molecule has 0 aromatic rings. The van der Waals surface area contributed by atoms with Gasteiger partial charge in [0, 0.05) is 6.42 Å². The molecule has 0 aliphatic carbocycles. The highest BCUT2D eigenvalue weighted by atomic mass is 16.3. The lowest BCUT2D eigenvalue weighted by molar-refractivity contribution is -0.123. The van der Waals surface area contributed by atoms with Gasteiger partial charge in [0.1, 0.15) is 0 Å². The number of nitrogens with one attached hydrogen (secondary N) is 1. The number of carbonyl (C=O) groups is 1. The Labute approximate surface area is 263 Å². The molecule has 1 amide bonds. The van der Waals surface area contributed by atoms with Crippen LogP contribution in [-0.4, -0.2) is 34.9 Å². The largest absolute Gasteiger partial charge is 0.394 e. The van der Waals surface area contributed by atoms with Crippen molar-refractivity contribution >= 4 is 5.91 Å². The SMILES string of the molecule is CCCCCCCC/C=C\CCCCCCCC(=O)N[C@@H](CO)[C@H](O)CCCCCCCCCCCCCCCCC. The number of carbonyl (C=O) groups excluding carboxylic acids is 1. The van der Waals surface area contributed by atoms with Crippen LogP contribution in [0.3, 0.4) is 0 Å². The van der Waals surface area contributed by atoms with E-state index < -0.39 is 12.1 Å². The maximum Gasteiger partial charge on any atom is 0.220 e. The first kappa shape index (κ1) is 41.1. The van der Waals surface area contributed by atoms with Gasteiger partial charge in [0.25, 0.3) is 0 Å². The molecule has 0 rings (SSSR count). The molecule has 42 heavy (non-hydrogen) atoms. The molecule has 0 bridgehead atoms. The standard InChI is InChI=1S/C38H75NO3/c1-3-5-7-9-11-13-15-17-19-21-23-25-27-29-31-33-37(41)36(35-40)39-38(42)34-32-30-28-26-24-22-20-18-16-14-12-10-8-6-4-2/h18,20,36-37,40-41H,3-17,19,21-35H2,1-2H3,(H,39,42)/b20-18-/t36-,37+/m0/s1. The van der Waals surface area contributed by atoms with Crippen LogP contribution in [0.15, 0.2) is 12.2 Å². The second-order valence-electron chi connectivity index (χ2n) is 13.0. The van der Waals surface area contributed by atoms with E-state index in [2.05, 4.69) is 31.3 Å². The summed E-state index contributed by atoms with van der Waals surface area (Å²) in [5.74, 6) is -0.0396. The number of allylic oxidation sites excluding steroid dienone is 2. The molecule has 0 heterocycles. The van der Waals surface area contributed by atoms with Crippen molar-refractivity contribution in [1.29, 1.82) is 0 Å². The summed E-state index contributed by atoms with van der Waals surface area (Å²) in [6.07, 6.45) is 41.2. The minimum atomic E-state index is -0.657. The highest BCUT2D eigenvalue weighted by Crippen LogP contribution is 2.15. The number of amides is 1. The zero-order valence-corrected chi connectivity index (χ0v) is 28.5. The smallest absolute Gasteiger partial charge is 0.220 e. The average molecular weight is 594 g/mol. The molecule has 0 aromatic carbocycles. The fraction of sp³-hybridized carbons (Fsp3) is 0.921. The van der Waals surface area contributed by atoms with Crippen molar-refractivity contribution in [2.75, 3.05) is 6.61 Å². The highest BCUT2D eigenvalue weighted by molar-refractivity contribution is 5.76. The Morgan fingerprint density at radius 3 is 1.31 bits per heavy atom. The topological polar surface area (TPSA) is 69.6 Å². The molecule has 0 radical (unpaired) electrons. The number of hydrogen-bond donors (Lipinski definition) is 3. The molecule has 4 nitrogen and oxygen atoms in total. The van der Waals surface area contributed by atoms with Crippen molar-refractivity contribution in [3.05, 3.63) is 12.2 Å². The van der Waals surface area contributed by atoms with Crippen molar-refractivity contribution in [2.45, 2.75) is 219 Å². The van der Waals surface area contributed by atoms with Crippen molar-refractivity contribution in [3.63, 3.8) is 0 Å². The van der Waals surface area contributed by atoms with Crippen LogP contribution in [0.5, 0.6) is 0 Å². The third kappa shape index (κ3) is 30.6. The first-order chi connectivity index (χ1) is 20.7. The quantitative estimate of drug-likeness (QED) is 0.0513. The lowest BCUT2D eigenvalue weighted by Crippen LogP contribution is -2.45. The number of aliphatic hydroxyl groups is 2. The molecule has 4 heteroatoms. The summed E-state index contributed by atoms with van der Waals surface area (Å²) in [5.41, 5.74) is 0. The summed E-state index contributed by atoms with van der Waals surface area (Å²) in [6.45, 7) is 4.35. The van der Waals surface area contributed by atoms with Crippen molar-refractivity contribution in [3.8, 4) is 0 Å². The van der Waals surface area contributed by atoms with Gasteiger partial charge in [-0.3, -0.25) is 4.79 Å². The van der Waals surface area contributed by atoms with Gasteiger partial charge in [0.15, 0.2) is 0 Å². The summed E-state index contributed by atoms with van der Waals surface area (Å²) in [4.78, 5) is 12.3. The van der Waals surface area contributed by atoms with Gasteiger partial charge in [-0.15, -0.1) is 0 Å². The second kappa shape index (κ2) is 34.6. The van der Waals surface area contributed by atoms with E-state index in [4.69, 9.17) is 0 Å². The van der Waals surface area contributed by atoms with E-state index >= 15 is 0 Å². The molecular weight excluding hydrogens is 518 g/mol. The van der Waals surface area contributed by atoms with Crippen LogP contribution in [0.2, 0.25) is 0 Å². The third-order valence-electron chi connectivity index (χ3n) is 8.78. The van der Waals surface area contributed by atoms with Crippen LogP contribution < -0.4 is 5.32 Å². The Hall–Kier alpha value is -0.870. The van der Waals surface area contributed by atoms with Gasteiger partial charge < -0.3 is 15.5 Å². The van der Waals surface area contributed by atoms with E-state index in [0.717, 1.165) is 25.7 Å². The zero-order chi connectivity index (χ0) is 30.8. The summed E-state index contributed by atoms with van der Waals surface area (Å²) in [7, 11) is 0. The number of aliphatic hydroxyl groups excluding tert-OH is 2. The molecule has 0 unspecified atom stereocenters. The van der Waals surface area contributed by atoms with Gasteiger partial charge in [0.2, 0.25) is 5.91 Å². The summed E-state index contributed by atoms with van der Waals surface area (Å²) >= 11 is 0. The van der Waals surface area contributed by atoms with Gasteiger partial charge in [-0.25, -0.2) is 0 Å². The minimum absolute atomic E-state index is 0.0396. The molecule has 0 aromatic heterocycles. The fourth-order valence-corrected chi connectivity index (χ4v) is 5.82. The van der Waals surface area contributed by atoms with E-state index in [1.54, 1.807) is 0 Å². The Morgan fingerprint density at radius 1 is 0.548 bits per heavy atom. The van der Waals surface area contributed by atoms with Crippen molar-refractivity contribution < 1.29 is 15.0 Å². The number of unbranched alkanes of at least 4 members (excludes halogenated alkanes) is 25. The normalized spacial score (nSPS) is 13.1. The van der Waals surface area contributed by atoms with Crippen LogP contribution in [0.4, 0.5) is 0 Å². The first-order valence-electron chi connectivity index (χ1n) is 18.9. The molecule has 0 saturated carbocycles. The van der Waals surface area contributed by atoms with Crippen LogP contribution in [-0.2, 0) is 4.79 Å². The zero-order valence-electron chi connectivity index (χ0n) is 28.5. The van der Waals surface area contributed by atoms with E-state index in [1.807, 2.05) is 0 Å². The van der Waals surface area contributed by atoms with Gasteiger partial charge in [0.05, 0.1) is 18.8 Å². The maximum absolute atomic E-state index is 12.3. The summed E-state index contributed by atoms with van der Waals surface area (Å²) < 4.78 is 0. The maximum atomic E-state index is 12.3. The van der Waals surface area contributed by atoms with E-state index in [1.165, 1.54) is 154 Å². The third-order valence-corrected chi connectivity index (χ3v) is 8.78. The Kier molecular flexibility index (Phi) is 33.9. The minimum Gasteiger partial charge on any atom is -0.394 e. The summed E-state index contributed by atoms with van der Waals surface area (Å²) in [6, 6.07) is -0.535. The molecule has 0 fully saturated rings. The lowest BCUT2D eigenvalue weighted by atomic mass is 10.0. The van der Waals surface area contributed by atoms with Crippen molar-refractivity contribution in [1.82, 2.24) is 5.32 Å². The molecule has 0 aliphatic rings. The average Bonchev–Trinajstić information content (AvgIpc) is 2.99. The first-order valence-corrected chi connectivity index (χ1v) is 18.9. The van der Waals surface area contributed by atoms with Gasteiger partial charge in [-0.2, -0.15) is 0 Å². The van der Waals surface area contributed by atoms with Gasteiger partial charge in [-0.05, 0) is 38.5 Å². The van der Waals surface area contributed by atoms with Crippen LogP contribution in [0.25, 0.3) is 0 Å². The van der Waals surface area contributed by atoms with E-state index in [-0.39, 0.29) is 12.5 Å². The summed E-state index contributed by atoms with van der Waals surface area (Å²) in [5, 5.41) is 23.0. The second-order valence-corrected chi connectivity index (χ2v) is 13.0. The molecule has 0 saturated heterocycles. The Balaban J connectivity index is 3.56. The van der Waals surface area contributed by atoms with Crippen LogP contribution >= 0.6 is 0 Å². The Morgan fingerprint density at radius 2 is 0.905 bits per heavy atom. The van der Waals surface area contributed by atoms with E-state index in [9.17, 15) is 15.0 Å². The van der Waals surface area contributed by atoms with Crippen LogP contribution in [0, 0.1) is 0 Å². The van der Waals surface area contributed by atoms with Crippen molar-refractivity contribution in [2.24, 2.45) is 0 Å². The van der Waals surface area contributed by atoms with Gasteiger partial charge in [-0.1, -0.05) is 174 Å². The predicted molar refractivity (Wildman–Crippen MR) is 184 cm³/mol. The number of hydrogen-bond acceptors (Lipinski definition) is 3. The number of rotatable bonds is 34.